The summed E-state index contributed by atoms with van der Waals surface area (Å²) in [4.78, 5) is 22.4. The minimum atomic E-state index is -2.13. The fourth-order valence-corrected chi connectivity index (χ4v) is 2.91. The Morgan fingerprint density at radius 2 is 2.07 bits per heavy atom. The summed E-state index contributed by atoms with van der Waals surface area (Å²) >= 11 is 0. The summed E-state index contributed by atoms with van der Waals surface area (Å²) in [5.74, 6) is -2.08. The van der Waals surface area contributed by atoms with E-state index in [0.29, 0.717) is 6.42 Å². The molecule has 0 amide bonds. The fourth-order valence-electron chi connectivity index (χ4n) is 2.91. The maximum Gasteiger partial charge on any atom is 0.343 e. The molecule has 3 saturated carbocycles. The summed E-state index contributed by atoms with van der Waals surface area (Å²) in [6.07, 6.45) is 0.855. The SMILES string of the molecule is CC1(C)[C@H]2CC(=O)[C@@](O)(C(=O)O)[C@@H]1C2. The highest BCUT2D eigenvalue weighted by Gasteiger charge is 2.68. The molecule has 0 aromatic rings. The molecule has 3 rings (SSSR count). The van der Waals surface area contributed by atoms with Crippen LogP contribution in [0.4, 0.5) is 0 Å². The molecule has 0 aromatic carbocycles. The molecule has 2 bridgehead atoms. The van der Waals surface area contributed by atoms with E-state index >= 15 is 0 Å². The van der Waals surface area contributed by atoms with Gasteiger partial charge in [0.1, 0.15) is 0 Å². The highest BCUT2D eigenvalue weighted by molar-refractivity contribution is 6.08. The van der Waals surface area contributed by atoms with Gasteiger partial charge in [-0.2, -0.15) is 0 Å². The molecule has 0 unspecified atom stereocenters. The van der Waals surface area contributed by atoms with Crippen molar-refractivity contribution in [2.45, 2.75) is 32.3 Å². The molecule has 3 aliphatic rings. The number of carboxylic acids is 1. The second-order valence-corrected chi connectivity index (χ2v) is 5.01. The predicted molar refractivity (Wildman–Crippen MR) is 47.6 cm³/mol. The summed E-state index contributed by atoms with van der Waals surface area (Å²) in [7, 11) is 0. The van der Waals surface area contributed by atoms with Crippen LogP contribution >= 0.6 is 0 Å². The van der Waals surface area contributed by atoms with E-state index in [0.717, 1.165) is 0 Å². The lowest BCUT2D eigenvalue weighted by molar-refractivity contribution is -0.212. The summed E-state index contributed by atoms with van der Waals surface area (Å²) in [6.45, 7) is 3.85. The van der Waals surface area contributed by atoms with E-state index in [1.807, 2.05) is 13.8 Å². The Balaban J connectivity index is 2.41. The smallest absolute Gasteiger partial charge is 0.343 e. The highest BCUT2D eigenvalue weighted by Crippen LogP contribution is 2.61. The van der Waals surface area contributed by atoms with E-state index in [1.165, 1.54) is 0 Å². The molecule has 78 valence electrons. The number of carboxylic acid groups (broad SMARTS) is 1. The average Bonchev–Trinajstić information content (AvgIpc) is 2.08. The van der Waals surface area contributed by atoms with Gasteiger partial charge in [-0.05, 0) is 17.8 Å². The second-order valence-electron chi connectivity index (χ2n) is 5.01. The largest absolute Gasteiger partial charge is 0.479 e. The Labute approximate surface area is 81.9 Å². The number of hydrogen-bond donors (Lipinski definition) is 2. The van der Waals surface area contributed by atoms with Gasteiger partial charge in [0.15, 0.2) is 5.78 Å². The Morgan fingerprint density at radius 1 is 1.50 bits per heavy atom. The van der Waals surface area contributed by atoms with Crippen molar-refractivity contribution >= 4 is 11.8 Å². The van der Waals surface area contributed by atoms with Crippen molar-refractivity contribution in [3.63, 3.8) is 0 Å². The zero-order chi connectivity index (χ0) is 10.7. The third-order valence-electron chi connectivity index (χ3n) is 4.16. The third kappa shape index (κ3) is 0.823. The Hall–Kier alpha value is -0.900. The van der Waals surface area contributed by atoms with Gasteiger partial charge in [0.2, 0.25) is 5.60 Å². The van der Waals surface area contributed by atoms with Gasteiger partial charge in [0.05, 0.1) is 0 Å². The molecule has 0 saturated heterocycles. The van der Waals surface area contributed by atoms with Gasteiger partial charge in [-0.1, -0.05) is 13.8 Å². The molecule has 4 heteroatoms. The maximum atomic E-state index is 11.5. The first kappa shape index (κ1) is 9.65. The van der Waals surface area contributed by atoms with Crippen LogP contribution in [0.15, 0.2) is 0 Å². The maximum absolute atomic E-state index is 11.5. The van der Waals surface area contributed by atoms with Crippen LogP contribution in [0, 0.1) is 17.3 Å². The number of aliphatic hydroxyl groups is 1. The Morgan fingerprint density at radius 3 is 2.43 bits per heavy atom. The average molecular weight is 198 g/mol. The van der Waals surface area contributed by atoms with Crippen LogP contribution in [0.5, 0.6) is 0 Å². The molecule has 0 aliphatic heterocycles. The van der Waals surface area contributed by atoms with E-state index in [1.54, 1.807) is 0 Å². The van der Waals surface area contributed by atoms with E-state index in [9.17, 15) is 14.7 Å². The zero-order valence-electron chi connectivity index (χ0n) is 8.28. The number of Topliss-reactive ketones (excluding diaryl/α,β-unsaturated/α-hetero) is 1. The molecule has 3 aliphatic carbocycles. The van der Waals surface area contributed by atoms with Crippen LogP contribution in [0.1, 0.15) is 26.7 Å². The lowest BCUT2D eigenvalue weighted by atomic mass is 9.43. The highest BCUT2D eigenvalue weighted by atomic mass is 16.4. The minimum absolute atomic E-state index is 0.201. The Kier molecular flexibility index (Phi) is 1.63. The second kappa shape index (κ2) is 2.37. The molecule has 2 N–H and O–H groups in total. The summed E-state index contributed by atoms with van der Waals surface area (Å²) < 4.78 is 0. The van der Waals surface area contributed by atoms with Crippen molar-refractivity contribution in [1.82, 2.24) is 0 Å². The number of carbonyl (C=O) groups is 2. The molecule has 3 atom stereocenters. The minimum Gasteiger partial charge on any atom is -0.479 e. The molecule has 3 fully saturated rings. The van der Waals surface area contributed by atoms with Crippen LogP contribution in [0.3, 0.4) is 0 Å². The molecular weight excluding hydrogens is 184 g/mol. The van der Waals surface area contributed by atoms with E-state index in [4.69, 9.17) is 5.11 Å². The third-order valence-corrected chi connectivity index (χ3v) is 4.16. The van der Waals surface area contributed by atoms with Crippen LogP contribution in [-0.4, -0.2) is 27.6 Å². The topological polar surface area (TPSA) is 74.6 Å². The molecule has 4 nitrogen and oxygen atoms in total. The fraction of sp³-hybridized carbons (Fsp3) is 0.800. The lowest BCUT2D eigenvalue weighted by Gasteiger charge is -2.60. The lowest BCUT2D eigenvalue weighted by Crippen LogP contribution is -2.69. The van der Waals surface area contributed by atoms with Crippen molar-refractivity contribution in [2.24, 2.45) is 17.3 Å². The number of rotatable bonds is 1. The molecule has 14 heavy (non-hydrogen) atoms. The van der Waals surface area contributed by atoms with Gasteiger partial charge < -0.3 is 10.2 Å². The van der Waals surface area contributed by atoms with Crippen LogP contribution < -0.4 is 0 Å². The van der Waals surface area contributed by atoms with Crippen molar-refractivity contribution < 1.29 is 19.8 Å². The normalized spacial score (nSPS) is 44.4. The number of aliphatic carboxylic acids is 1. The van der Waals surface area contributed by atoms with Gasteiger partial charge in [0.25, 0.3) is 0 Å². The van der Waals surface area contributed by atoms with Crippen LogP contribution in [0.2, 0.25) is 0 Å². The van der Waals surface area contributed by atoms with Gasteiger partial charge in [-0.15, -0.1) is 0 Å². The summed E-state index contributed by atoms with van der Waals surface area (Å²) in [6, 6.07) is 0. The van der Waals surface area contributed by atoms with Crippen LogP contribution in [0.25, 0.3) is 0 Å². The summed E-state index contributed by atoms with van der Waals surface area (Å²) in [5, 5.41) is 18.8. The molecular formula is C10H14O4. The standard InChI is InChI=1S/C10H14O4/c1-9(2)5-3-6(9)10(14,8(12)13)7(11)4-5/h5-6,14H,3-4H2,1-2H3,(H,12,13)/t5-,6-,10-/m1/s1. The quantitative estimate of drug-likeness (QED) is 0.599. The monoisotopic (exact) mass is 198 g/mol. The molecule has 0 heterocycles. The van der Waals surface area contributed by atoms with Gasteiger partial charge in [-0.25, -0.2) is 4.79 Å². The predicted octanol–water partition coefficient (Wildman–Crippen LogP) is 0.437. The first-order chi connectivity index (χ1) is 6.31. The van der Waals surface area contributed by atoms with Crippen molar-refractivity contribution in [3.05, 3.63) is 0 Å². The van der Waals surface area contributed by atoms with Gasteiger partial charge in [-0.3, -0.25) is 4.79 Å². The zero-order valence-corrected chi connectivity index (χ0v) is 8.28. The van der Waals surface area contributed by atoms with Crippen LogP contribution in [-0.2, 0) is 9.59 Å². The molecule has 0 aromatic heterocycles. The number of carbonyl (C=O) groups excluding carboxylic acids is 1. The van der Waals surface area contributed by atoms with E-state index < -0.39 is 23.3 Å². The first-order valence-corrected chi connectivity index (χ1v) is 4.80. The van der Waals surface area contributed by atoms with E-state index in [2.05, 4.69) is 0 Å². The number of hydrogen-bond acceptors (Lipinski definition) is 3. The molecule has 0 radical (unpaired) electrons. The van der Waals surface area contributed by atoms with E-state index in [-0.39, 0.29) is 17.8 Å². The van der Waals surface area contributed by atoms with Crippen molar-refractivity contribution in [1.29, 1.82) is 0 Å². The number of fused-ring (bicyclic) bond motifs is 2. The first-order valence-electron chi connectivity index (χ1n) is 4.80. The van der Waals surface area contributed by atoms with Crippen molar-refractivity contribution in [2.75, 3.05) is 0 Å². The number of ketones is 1. The van der Waals surface area contributed by atoms with Gasteiger partial charge in [0, 0.05) is 12.3 Å². The van der Waals surface area contributed by atoms with Gasteiger partial charge >= 0.3 is 5.97 Å². The Bertz CT molecular complexity index is 320. The molecule has 0 spiro atoms. The summed E-state index contributed by atoms with van der Waals surface area (Å²) in [5.41, 5.74) is -2.35. The van der Waals surface area contributed by atoms with Crippen molar-refractivity contribution in [3.8, 4) is 0 Å².